The standard InChI is InChI=1S/C14H20N2S/c1-13(2,3)11-9-10(16-8-7-15-9)12(17-11)14(4,5)6/h7-8H,1-6H3. The second-order valence-corrected chi connectivity index (χ2v) is 7.53. The van der Waals surface area contributed by atoms with Gasteiger partial charge in [0.25, 0.3) is 0 Å². The fourth-order valence-corrected chi connectivity index (χ4v) is 3.19. The van der Waals surface area contributed by atoms with E-state index in [-0.39, 0.29) is 10.8 Å². The molecule has 0 unspecified atom stereocenters. The van der Waals surface area contributed by atoms with Crippen molar-refractivity contribution in [1.82, 2.24) is 9.97 Å². The smallest absolute Gasteiger partial charge is 0.103 e. The van der Waals surface area contributed by atoms with Gasteiger partial charge in [-0.15, -0.1) is 11.3 Å². The van der Waals surface area contributed by atoms with Crippen molar-refractivity contribution in [2.75, 3.05) is 0 Å². The Bertz CT molecular complexity index is 493. The molecule has 0 N–H and O–H groups in total. The van der Waals surface area contributed by atoms with Gasteiger partial charge in [0, 0.05) is 22.1 Å². The van der Waals surface area contributed by atoms with Gasteiger partial charge in [-0.2, -0.15) is 0 Å². The summed E-state index contributed by atoms with van der Waals surface area (Å²) >= 11 is 1.86. The molecule has 0 bridgehead atoms. The third kappa shape index (κ3) is 2.21. The van der Waals surface area contributed by atoms with Crippen LogP contribution in [0.5, 0.6) is 0 Å². The first-order valence-corrected chi connectivity index (χ1v) is 6.77. The van der Waals surface area contributed by atoms with Crippen molar-refractivity contribution in [2.45, 2.75) is 52.4 Å². The van der Waals surface area contributed by atoms with Crippen LogP contribution in [0.4, 0.5) is 0 Å². The van der Waals surface area contributed by atoms with Crippen molar-refractivity contribution in [3.05, 3.63) is 22.1 Å². The van der Waals surface area contributed by atoms with E-state index in [1.165, 1.54) is 9.75 Å². The topological polar surface area (TPSA) is 25.8 Å². The number of hydrogen-bond acceptors (Lipinski definition) is 3. The van der Waals surface area contributed by atoms with Crippen molar-refractivity contribution >= 4 is 22.4 Å². The van der Waals surface area contributed by atoms with E-state index in [0.29, 0.717) is 0 Å². The molecular formula is C14H20N2S. The van der Waals surface area contributed by atoms with Crippen LogP contribution in [0, 0.1) is 0 Å². The number of thiophene rings is 1. The second kappa shape index (κ2) is 3.77. The lowest BCUT2D eigenvalue weighted by Crippen LogP contribution is -2.10. The van der Waals surface area contributed by atoms with Gasteiger partial charge in [-0.1, -0.05) is 41.5 Å². The van der Waals surface area contributed by atoms with Crippen LogP contribution < -0.4 is 0 Å². The lowest BCUT2D eigenvalue weighted by Gasteiger charge is -2.18. The minimum Gasteiger partial charge on any atom is -0.252 e. The molecule has 0 atom stereocenters. The van der Waals surface area contributed by atoms with Crippen molar-refractivity contribution in [3.63, 3.8) is 0 Å². The Morgan fingerprint density at radius 2 is 1.12 bits per heavy atom. The van der Waals surface area contributed by atoms with Crippen molar-refractivity contribution < 1.29 is 0 Å². The zero-order valence-electron chi connectivity index (χ0n) is 11.5. The average molecular weight is 248 g/mol. The Kier molecular flexibility index (Phi) is 2.77. The maximum atomic E-state index is 4.53. The molecule has 92 valence electrons. The van der Waals surface area contributed by atoms with Crippen LogP contribution in [0.2, 0.25) is 0 Å². The normalized spacial score (nSPS) is 13.3. The molecule has 0 fully saturated rings. The Hall–Kier alpha value is -0.960. The molecule has 0 aliphatic carbocycles. The van der Waals surface area contributed by atoms with Gasteiger partial charge >= 0.3 is 0 Å². The highest BCUT2D eigenvalue weighted by atomic mass is 32.1. The van der Waals surface area contributed by atoms with E-state index in [2.05, 4.69) is 51.5 Å². The van der Waals surface area contributed by atoms with E-state index < -0.39 is 0 Å². The molecule has 0 aromatic carbocycles. The fraction of sp³-hybridized carbons (Fsp3) is 0.571. The quantitative estimate of drug-likeness (QED) is 0.695. The Morgan fingerprint density at radius 3 is 1.41 bits per heavy atom. The van der Waals surface area contributed by atoms with E-state index in [0.717, 1.165) is 11.0 Å². The van der Waals surface area contributed by atoms with Crippen LogP contribution in [0.1, 0.15) is 51.3 Å². The Balaban J connectivity index is 2.81. The van der Waals surface area contributed by atoms with Gasteiger partial charge in [0.15, 0.2) is 0 Å². The largest absolute Gasteiger partial charge is 0.252 e. The van der Waals surface area contributed by atoms with Crippen LogP contribution in [0.3, 0.4) is 0 Å². The Labute approximate surface area is 107 Å². The molecule has 0 amide bonds. The van der Waals surface area contributed by atoms with E-state index in [4.69, 9.17) is 0 Å². The summed E-state index contributed by atoms with van der Waals surface area (Å²) in [7, 11) is 0. The predicted octanol–water partition coefficient (Wildman–Crippen LogP) is 4.29. The van der Waals surface area contributed by atoms with Crippen LogP contribution in [0.15, 0.2) is 12.4 Å². The number of rotatable bonds is 0. The summed E-state index contributed by atoms with van der Waals surface area (Å²) in [4.78, 5) is 11.7. The molecule has 17 heavy (non-hydrogen) atoms. The molecule has 2 aromatic rings. The monoisotopic (exact) mass is 248 g/mol. The zero-order chi connectivity index (χ0) is 12.8. The second-order valence-electron chi connectivity index (χ2n) is 6.51. The summed E-state index contributed by atoms with van der Waals surface area (Å²) in [6, 6.07) is 0. The lowest BCUT2D eigenvalue weighted by atomic mass is 9.91. The number of aromatic nitrogens is 2. The van der Waals surface area contributed by atoms with E-state index in [9.17, 15) is 0 Å². The number of hydrogen-bond donors (Lipinski definition) is 0. The summed E-state index contributed by atoms with van der Waals surface area (Å²) in [6.07, 6.45) is 3.58. The van der Waals surface area contributed by atoms with Gasteiger partial charge < -0.3 is 0 Å². The lowest BCUT2D eigenvalue weighted by molar-refractivity contribution is 0.604. The highest BCUT2D eigenvalue weighted by molar-refractivity contribution is 7.14. The first-order chi connectivity index (χ1) is 7.71. The van der Waals surface area contributed by atoms with Crippen molar-refractivity contribution in [2.24, 2.45) is 0 Å². The van der Waals surface area contributed by atoms with Gasteiger partial charge in [-0.3, -0.25) is 9.97 Å². The van der Waals surface area contributed by atoms with Gasteiger partial charge in [0.05, 0.1) is 0 Å². The van der Waals surface area contributed by atoms with Gasteiger partial charge in [-0.05, 0) is 10.8 Å². The zero-order valence-corrected chi connectivity index (χ0v) is 12.3. The Morgan fingerprint density at radius 1 is 0.765 bits per heavy atom. The van der Waals surface area contributed by atoms with E-state index in [1.807, 2.05) is 11.3 Å². The SMILES string of the molecule is CC(C)(C)c1sc(C(C)(C)C)c2nccnc12. The number of nitrogens with zero attached hydrogens (tertiary/aromatic N) is 2. The fourth-order valence-electron chi connectivity index (χ4n) is 1.89. The van der Waals surface area contributed by atoms with Crippen LogP contribution in [0.25, 0.3) is 11.0 Å². The first kappa shape index (κ1) is 12.5. The van der Waals surface area contributed by atoms with Crippen LogP contribution in [-0.4, -0.2) is 9.97 Å². The number of fused-ring (bicyclic) bond motifs is 1. The molecule has 0 spiro atoms. The molecule has 0 aliphatic heterocycles. The summed E-state index contributed by atoms with van der Waals surface area (Å²) in [5.41, 5.74) is 2.41. The minimum absolute atomic E-state index is 0.127. The van der Waals surface area contributed by atoms with Crippen molar-refractivity contribution in [3.8, 4) is 0 Å². The van der Waals surface area contributed by atoms with Crippen molar-refractivity contribution in [1.29, 1.82) is 0 Å². The molecule has 0 aliphatic rings. The highest BCUT2D eigenvalue weighted by Gasteiger charge is 2.28. The molecule has 3 heteroatoms. The summed E-state index contributed by atoms with van der Waals surface area (Å²) < 4.78 is 0. The van der Waals surface area contributed by atoms with Crippen LogP contribution >= 0.6 is 11.3 Å². The van der Waals surface area contributed by atoms with E-state index in [1.54, 1.807) is 12.4 Å². The highest BCUT2D eigenvalue weighted by Crippen LogP contribution is 2.41. The molecular weight excluding hydrogens is 228 g/mol. The molecule has 0 saturated carbocycles. The molecule has 2 heterocycles. The third-order valence-corrected chi connectivity index (χ3v) is 4.71. The average Bonchev–Trinajstić information content (AvgIpc) is 2.55. The first-order valence-electron chi connectivity index (χ1n) is 5.96. The third-order valence-electron chi connectivity index (χ3n) is 2.69. The summed E-state index contributed by atoms with van der Waals surface area (Å²) in [5.74, 6) is 0. The molecule has 2 aromatic heterocycles. The molecule has 0 radical (unpaired) electrons. The predicted molar refractivity (Wildman–Crippen MR) is 74.8 cm³/mol. The van der Waals surface area contributed by atoms with Gasteiger partial charge in [0.2, 0.25) is 0 Å². The van der Waals surface area contributed by atoms with Crippen LogP contribution in [-0.2, 0) is 10.8 Å². The maximum absolute atomic E-state index is 4.53. The van der Waals surface area contributed by atoms with Gasteiger partial charge in [0.1, 0.15) is 11.0 Å². The summed E-state index contributed by atoms with van der Waals surface area (Å²) in [5, 5.41) is 0. The van der Waals surface area contributed by atoms with E-state index >= 15 is 0 Å². The minimum atomic E-state index is 0.127. The molecule has 2 nitrogen and oxygen atoms in total. The molecule has 0 saturated heterocycles. The van der Waals surface area contributed by atoms with Gasteiger partial charge in [-0.25, -0.2) is 0 Å². The maximum Gasteiger partial charge on any atom is 0.103 e. The summed E-state index contributed by atoms with van der Waals surface area (Å²) in [6.45, 7) is 13.4. The molecule has 2 rings (SSSR count).